The number of nitrogens with zero attached hydrogens (tertiary/aromatic N) is 1. The van der Waals surface area contributed by atoms with Gasteiger partial charge in [-0.2, -0.15) is 0 Å². The van der Waals surface area contributed by atoms with Crippen molar-refractivity contribution in [3.8, 4) is 0 Å². The normalized spacial score (nSPS) is 14.9. The minimum atomic E-state index is 0.120. The molecule has 1 unspecified atom stereocenters. The number of nitrogens with one attached hydrogen (secondary N) is 1. The molecule has 1 aliphatic carbocycles. The average molecular weight is 282 g/mol. The van der Waals surface area contributed by atoms with Crippen LogP contribution in [0.15, 0.2) is 47.3 Å². The first-order valence-electron chi connectivity index (χ1n) is 7.79. The van der Waals surface area contributed by atoms with E-state index in [4.69, 9.17) is 0 Å². The number of hydrogen-bond acceptors (Lipinski definition) is 2. The molecular formula is C18H22N2O. The quantitative estimate of drug-likeness (QED) is 0.915. The number of hydrogen-bond donors (Lipinski definition) is 1. The molecule has 0 bridgehead atoms. The zero-order valence-corrected chi connectivity index (χ0v) is 12.5. The molecule has 0 saturated heterocycles. The lowest BCUT2D eigenvalue weighted by molar-refractivity contribution is 0.458. The number of pyridine rings is 1. The van der Waals surface area contributed by atoms with Crippen LogP contribution in [0, 0.1) is 0 Å². The molecule has 0 fully saturated rings. The first-order valence-corrected chi connectivity index (χ1v) is 7.79. The molecule has 21 heavy (non-hydrogen) atoms. The van der Waals surface area contributed by atoms with Crippen molar-refractivity contribution in [2.75, 3.05) is 6.54 Å². The van der Waals surface area contributed by atoms with Crippen LogP contribution >= 0.6 is 0 Å². The maximum atomic E-state index is 12.3. The summed E-state index contributed by atoms with van der Waals surface area (Å²) in [7, 11) is 0. The summed E-state index contributed by atoms with van der Waals surface area (Å²) >= 11 is 0. The summed E-state index contributed by atoms with van der Waals surface area (Å²) in [4.78, 5) is 12.3. The van der Waals surface area contributed by atoms with Crippen LogP contribution in [0.2, 0.25) is 0 Å². The number of rotatable bonds is 5. The zero-order chi connectivity index (χ0) is 14.7. The topological polar surface area (TPSA) is 34.0 Å². The van der Waals surface area contributed by atoms with E-state index in [0.717, 1.165) is 25.8 Å². The van der Waals surface area contributed by atoms with Crippen LogP contribution in [0.1, 0.15) is 36.2 Å². The van der Waals surface area contributed by atoms with E-state index in [1.165, 1.54) is 16.8 Å². The monoisotopic (exact) mass is 282 g/mol. The summed E-state index contributed by atoms with van der Waals surface area (Å²) in [6.07, 6.45) is 3.29. The minimum absolute atomic E-state index is 0.120. The minimum Gasteiger partial charge on any atom is -0.310 e. The highest BCUT2D eigenvalue weighted by atomic mass is 16.1. The smallest absolute Gasteiger partial charge is 0.250 e. The molecule has 1 aliphatic rings. The van der Waals surface area contributed by atoms with Crippen LogP contribution in [0.4, 0.5) is 0 Å². The second-order valence-electron chi connectivity index (χ2n) is 5.63. The van der Waals surface area contributed by atoms with Crippen LogP contribution in [-0.2, 0) is 19.4 Å². The van der Waals surface area contributed by atoms with Gasteiger partial charge >= 0.3 is 0 Å². The van der Waals surface area contributed by atoms with Crippen molar-refractivity contribution in [3.05, 3.63) is 69.6 Å². The number of benzene rings is 1. The molecule has 1 aromatic heterocycles. The highest BCUT2D eigenvalue weighted by Gasteiger charge is 2.19. The molecule has 2 aromatic rings. The first-order chi connectivity index (χ1) is 10.3. The fourth-order valence-electron chi connectivity index (χ4n) is 3.24. The predicted octanol–water partition coefficient (Wildman–Crippen LogP) is 2.69. The van der Waals surface area contributed by atoms with Gasteiger partial charge in [-0.3, -0.25) is 4.79 Å². The Morgan fingerprint density at radius 2 is 1.95 bits per heavy atom. The third-order valence-corrected chi connectivity index (χ3v) is 4.27. The molecule has 0 amide bonds. The first kappa shape index (κ1) is 14.1. The molecule has 1 atom stereocenters. The van der Waals surface area contributed by atoms with Crippen molar-refractivity contribution in [1.29, 1.82) is 0 Å². The van der Waals surface area contributed by atoms with Crippen LogP contribution in [0.25, 0.3) is 0 Å². The molecule has 1 heterocycles. The Morgan fingerprint density at radius 3 is 2.71 bits per heavy atom. The van der Waals surface area contributed by atoms with E-state index in [0.29, 0.717) is 6.54 Å². The second kappa shape index (κ2) is 6.27. The van der Waals surface area contributed by atoms with Gasteiger partial charge < -0.3 is 9.88 Å². The molecular weight excluding hydrogens is 260 g/mol. The number of aromatic nitrogens is 1. The third-order valence-electron chi connectivity index (χ3n) is 4.27. The molecule has 3 heteroatoms. The summed E-state index contributed by atoms with van der Waals surface area (Å²) in [5.41, 5.74) is 3.94. The van der Waals surface area contributed by atoms with E-state index in [1.54, 1.807) is 6.07 Å². The molecule has 3 nitrogen and oxygen atoms in total. The standard InChI is InChI=1S/C18H22N2O/c1-2-19-16(14-7-4-3-5-8-14)13-20-17-10-6-9-15(17)11-12-18(20)21/h3-5,7-8,11-12,16,19H,2,6,9-10,13H2,1H3. The average Bonchev–Trinajstić information content (AvgIpc) is 2.99. The summed E-state index contributed by atoms with van der Waals surface area (Å²) in [6, 6.07) is 14.3. The van der Waals surface area contributed by atoms with E-state index in [1.807, 2.05) is 16.7 Å². The van der Waals surface area contributed by atoms with Gasteiger partial charge in [0.15, 0.2) is 0 Å². The number of aryl methyl sites for hydroxylation is 1. The van der Waals surface area contributed by atoms with Gasteiger partial charge in [0.05, 0.1) is 6.04 Å². The van der Waals surface area contributed by atoms with E-state index in [-0.39, 0.29) is 11.6 Å². The van der Waals surface area contributed by atoms with E-state index >= 15 is 0 Å². The van der Waals surface area contributed by atoms with Gasteiger partial charge in [-0.15, -0.1) is 0 Å². The zero-order valence-electron chi connectivity index (χ0n) is 12.5. The molecule has 3 rings (SSSR count). The summed E-state index contributed by atoms with van der Waals surface area (Å²) in [5, 5.41) is 3.51. The maximum Gasteiger partial charge on any atom is 0.250 e. The van der Waals surface area contributed by atoms with E-state index in [9.17, 15) is 4.79 Å². The Labute approximate surface area is 125 Å². The van der Waals surface area contributed by atoms with Crippen molar-refractivity contribution in [3.63, 3.8) is 0 Å². The fraction of sp³-hybridized carbons (Fsp3) is 0.389. The van der Waals surface area contributed by atoms with Crippen LogP contribution in [-0.4, -0.2) is 11.1 Å². The SMILES string of the molecule is CCNC(Cn1c2c(ccc1=O)CCC2)c1ccccc1. The summed E-state index contributed by atoms with van der Waals surface area (Å²) < 4.78 is 1.97. The molecule has 0 saturated carbocycles. The van der Waals surface area contributed by atoms with Gasteiger partial charge in [0, 0.05) is 18.3 Å². The largest absolute Gasteiger partial charge is 0.310 e. The number of fused-ring (bicyclic) bond motifs is 1. The van der Waals surface area contributed by atoms with Gasteiger partial charge in [-0.25, -0.2) is 0 Å². The summed E-state index contributed by atoms with van der Waals surface area (Å²) in [6.45, 7) is 3.71. The Balaban J connectivity index is 1.94. The van der Waals surface area contributed by atoms with Crippen molar-refractivity contribution in [2.45, 2.75) is 38.8 Å². The summed E-state index contributed by atoms with van der Waals surface area (Å²) in [5.74, 6) is 0. The van der Waals surface area contributed by atoms with Crippen molar-refractivity contribution >= 4 is 0 Å². The van der Waals surface area contributed by atoms with Gasteiger partial charge in [0.1, 0.15) is 0 Å². The molecule has 1 N–H and O–H groups in total. The third kappa shape index (κ3) is 2.93. The van der Waals surface area contributed by atoms with Crippen LogP contribution in [0.5, 0.6) is 0 Å². The Bertz CT molecular complexity index is 661. The Hall–Kier alpha value is -1.87. The van der Waals surface area contributed by atoms with Gasteiger partial charge in [0.25, 0.3) is 5.56 Å². The lowest BCUT2D eigenvalue weighted by atomic mass is 10.1. The van der Waals surface area contributed by atoms with E-state index in [2.05, 4.69) is 36.5 Å². The fourth-order valence-corrected chi connectivity index (χ4v) is 3.24. The predicted molar refractivity (Wildman–Crippen MR) is 85.6 cm³/mol. The molecule has 0 radical (unpaired) electrons. The molecule has 0 aliphatic heterocycles. The molecule has 110 valence electrons. The van der Waals surface area contributed by atoms with Gasteiger partial charge in [0.2, 0.25) is 0 Å². The van der Waals surface area contributed by atoms with Crippen molar-refractivity contribution in [1.82, 2.24) is 9.88 Å². The van der Waals surface area contributed by atoms with Crippen molar-refractivity contribution in [2.24, 2.45) is 0 Å². The number of likely N-dealkylation sites (N-methyl/N-ethyl adjacent to an activating group) is 1. The lowest BCUT2D eigenvalue weighted by Crippen LogP contribution is -2.32. The van der Waals surface area contributed by atoms with E-state index < -0.39 is 0 Å². The van der Waals surface area contributed by atoms with Crippen LogP contribution in [0.3, 0.4) is 0 Å². The molecule has 0 spiro atoms. The van der Waals surface area contributed by atoms with Gasteiger partial charge in [-0.05, 0) is 36.9 Å². The Kier molecular flexibility index (Phi) is 4.20. The lowest BCUT2D eigenvalue weighted by Gasteiger charge is -2.21. The maximum absolute atomic E-state index is 12.3. The Morgan fingerprint density at radius 1 is 1.14 bits per heavy atom. The van der Waals surface area contributed by atoms with Gasteiger partial charge in [-0.1, -0.05) is 43.3 Å². The highest BCUT2D eigenvalue weighted by molar-refractivity contribution is 5.26. The second-order valence-corrected chi connectivity index (χ2v) is 5.63. The molecule has 1 aromatic carbocycles. The van der Waals surface area contributed by atoms with Crippen molar-refractivity contribution < 1.29 is 0 Å². The van der Waals surface area contributed by atoms with Crippen LogP contribution < -0.4 is 10.9 Å². The highest BCUT2D eigenvalue weighted by Crippen LogP contribution is 2.22.